The minimum absolute atomic E-state index is 0.113. The van der Waals surface area contributed by atoms with E-state index in [1.807, 2.05) is 4.72 Å². The van der Waals surface area contributed by atoms with E-state index in [0.717, 1.165) is 12.1 Å². The summed E-state index contributed by atoms with van der Waals surface area (Å²) in [5.41, 5.74) is -0.147. The van der Waals surface area contributed by atoms with Crippen molar-refractivity contribution in [1.29, 1.82) is 0 Å². The first-order valence-corrected chi connectivity index (χ1v) is 10.1. The Morgan fingerprint density at radius 1 is 1.00 bits per heavy atom. The number of benzene rings is 1. The average molecular weight is 458 g/mol. The van der Waals surface area contributed by atoms with E-state index >= 15 is 0 Å². The summed E-state index contributed by atoms with van der Waals surface area (Å²) in [5, 5.41) is 0. The van der Waals surface area contributed by atoms with Crippen molar-refractivity contribution in [2.24, 2.45) is 0 Å². The molecule has 9 nitrogen and oxygen atoms in total. The summed E-state index contributed by atoms with van der Waals surface area (Å²) in [5.74, 6) is -1.65. The van der Waals surface area contributed by atoms with Gasteiger partial charge in [-0.2, -0.15) is 0 Å². The quantitative estimate of drug-likeness (QED) is 0.658. The lowest BCUT2D eigenvalue weighted by atomic mass is 10.1. The lowest BCUT2D eigenvalue weighted by Gasteiger charge is -2.34. The number of carbonyl (C=O) groups excluding carboxylic acids is 2. The van der Waals surface area contributed by atoms with Crippen molar-refractivity contribution in [2.45, 2.75) is 6.36 Å². The molecule has 1 aliphatic rings. The Hall–Kier alpha value is -3.35. The van der Waals surface area contributed by atoms with Gasteiger partial charge in [0.05, 0.1) is 11.3 Å². The normalized spacial score (nSPS) is 14.5. The molecular weight excluding hydrogens is 441 g/mol. The van der Waals surface area contributed by atoms with Crippen LogP contribution in [0.5, 0.6) is 5.75 Å². The molecule has 13 heteroatoms. The maximum atomic E-state index is 12.7. The maximum absolute atomic E-state index is 12.7. The molecule has 0 atom stereocenters. The van der Waals surface area contributed by atoms with Crippen LogP contribution in [0, 0.1) is 0 Å². The summed E-state index contributed by atoms with van der Waals surface area (Å²) >= 11 is 0. The molecule has 1 fully saturated rings. The van der Waals surface area contributed by atoms with Crippen molar-refractivity contribution in [1.82, 2.24) is 14.8 Å². The minimum atomic E-state index is -5.08. The molecule has 1 N–H and O–H groups in total. The third kappa shape index (κ3) is 5.84. The molecule has 1 aliphatic heterocycles. The van der Waals surface area contributed by atoms with Gasteiger partial charge >= 0.3 is 6.36 Å². The molecule has 31 heavy (non-hydrogen) atoms. The molecule has 0 radical (unpaired) electrons. The average Bonchev–Trinajstić information content (AvgIpc) is 2.73. The van der Waals surface area contributed by atoms with E-state index in [1.165, 1.54) is 17.2 Å². The molecule has 0 bridgehead atoms. The Morgan fingerprint density at radius 2 is 1.61 bits per heavy atom. The zero-order chi connectivity index (χ0) is 22.6. The van der Waals surface area contributed by atoms with Crippen molar-refractivity contribution in [3.8, 4) is 5.75 Å². The number of carbonyl (C=O) groups is 2. The number of hydrogen-bond acceptors (Lipinski definition) is 6. The van der Waals surface area contributed by atoms with Gasteiger partial charge in [0.25, 0.3) is 11.8 Å². The Labute approximate surface area is 176 Å². The summed E-state index contributed by atoms with van der Waals surface area (Å²) in [4.78, 5) is 32.0. The molecule has 3 rings (SSSR count). The third-order valence-corrected chi connectivity index (χ3v) is 4.85. The number of nitrogens with zero attached hydrogens (tertiary/aromatic N) is 3. The molecule has 1 saturated heterocycles. The number of alkyl halides is 3. The SMILES string of the molecule is O=C(c1cccnc1)N1CCN(C(=O)c2ccc(N[SH](=O)=O)c(OC(F)(F)F)c2)CC1. The molecule has 166 valence electrons. The first-order valence-electron chi connectivity index (χ1n) is 8.93. The van der Waals surface area contributed by atoms with E-state index in [0.29, 0.717) is 5.56 Å². The van der Waals surface area contributed by atoms with Crippen LogP contribution in [0.15, 0.2) is 42.7 Å². The Kier molecular flexibility index (Phi) is 6.63. The number of ether oxygens (including phenoxy) is 1. The number of halogens is 3. The Morgan fingerprint density at radius 3 is 2.13 bits per heavy atom. The number of amides is 2. The van der Waals surface area contributed by atoms with Crippen LogP contribution < -0.4 is 9.46 Å². The van der Waals surface area contributed by atoms with Crippen LogP contribution in [0.25, 0.3) is 0 Å². The minimum Gasteiger partial charge on any atom is -0.404 e. The van der Waals surface area contributed by atoms with Crippen LogP contribution >= 0.6 is 0 Å². The fraction of sp³-hybridized carbons (Fsp3) is 0.278. The van der Waals surface area contributed by atoms with E-state index in [-0.39, 0.29) is 37.6 Å². The smallest absolute Gasteiger partial charge is 0.404 e. The van der Waals surface area contributed by atoms with Crippen LogP contribution in [0.1, 0.15) is 20.7 Å². The zero-order valence-corrected chi connectivity index (χ0v) is 16.7. The van der Waals surface area contributed by atoms with Gasteiger partial charge in [-0.1, -0.05) is 0 Å². The largest absolute Gasteiger partial charge is 0.573 e. The number of hydrogen-bond donors (Lipinski definition) is 2. The topological polar surface area (TPSA) is 109 Å². The summed E-state index contributed by atoms with van der Waals surface area (Å²) in [6, 6.07) is 6.29. The molecule has 0 aliphatic carbocycles. The van der Waals surface area contributed by atoms with Gasteiger partial charge in [-0.05, 0) is 30.3 Å². The van der Waals surface area contributed by atoms with E-state index in [1.54, 1.807) is 23.2 Å². The molecule has 0 spiro atoms. The van der Waals surface area contributed by atoms with Gasteiger partial charge in [0.15, 0.2) is 5.75 Å². The van der Waals surface area contributed by atoms with Crippen molar-refractivity contribution in [2.75, 3.05) is 30.9 Å². The molecule has 0 saturated carbocycles. The Bertz CT molecular complexity index is 1030. The van der Waals surface area contributed by atoms with Crippen molar-refractivity contribution in [3.05, 3.63) is 53.9 Å². The number of anilines is 1. The summed E-state index contributed by atoms with van der Waals surface area (Å²) < 4.78 is 65.3. The van der Waals surface area contributed by atoms with E-state index < -0.39 is 34.6 Å². The van der Waals surface area contributed by atoms with Crippen LogP contribution in [-0.2, 0) is 10.9 Å². The molecule has 2 amide bonds. The highest BCUT2D eigenvalue weighted by Crippen LogP contribution is 2.32. The number of piperazine rings is 1. The highest BCUT2D eigenvalue weighted by atomic mass is 32.2. The number of thiol groups is 1. The van der Waals surface area contributed by atoms with E-state index in [9.17, 15) is 31.2 Å². The predicted octanol–water partition coefficient (Wildman–Crippen LogP) is 1.52. The van der Waals surface area contributed by atoms with Gasteiger partial charge in [-0.3, -0.25) is 19.3 Å². The van der Waals surface area contributed by atoms with Crippen molar-refractivity contribution < 1.29 is 35.9 Å². The van der Waals surface area contributed by atoms with Gasteiger partial charge < -0.3 is 14.5 Å². The van der Waals surface area contributed by atoms with Gasteiger partial charge in [0.2, 0.25) is 10.9 Å². The van der Waals surface area contributed by atoms with Gasteiger partial charge in [0.1, 0.15) is 0 Å². The fourth-order valence-electron chi connectivity index (χ4n) is 3.02. The number of aromatic nitrogens is 1. The first kappa shape index (κ1) is 22.3. The standard InChI is InChI=1S/C18H17F3N4O5S/c19-18(20,21)30-15-10-12(3-4-14(15)23-31(28)29)16(26)24-6-8-25(9-7-24)17(27)13-2-1-5-22-11-13/h1-5,10-11,31H,6-9H2,(H,23,28,29). The van der Waals surface area contributed by atoms with E-state index in [2.05, 4.69) is 9.72 Å². The molecule has 0 unspecified atom stereocenters. The van der Waals surface area contributed by atoms with Gasteiger partial charge in [-0.25, -0.2) is 8.42 Å². The highest BCUT2D eigenvalue weighted by molar-refractivity contribution is 7.73. The molecule has 2 heterocycles. The van der Waals surface area contributed by atoms with Crippen LogP contribution in [-0.4, -0.2) is 67.6 Å². The number of nitrogens with one attached hydrogen (secondary N) is 1. The Balaban J connectivity index is 1.71. The molecular formula is C18H17F3N4O5S. The van der Waals surface area contributed by atoms with Gasteiger partial charge in [0, 0.05) is 44.1 Å². The fourth-order valence-corrected chi connectivity index (χ4v) is 3.40. The zero-order valence-electron chi connectivity index (χ0n) is 15.8. The monoisotopic (exact) mass is 458 g/mol. The predicted molar refractivity (Wildman–Crippen MR) is 103 cm³/mol. The lowest BCUT2D eigenvalue weighted by molar-refractivity contribution is -0.274. The van der Waals surface area contributed by atoms with Gasteiger partial charge in [-0.15, -0.1) is 13.2 Å². The summed E-state index contributed by atoms with van der Waals surface area (Å²) in [7, 11) is -3.24. The maximum Gasteiger partial charge on any atom is 0.573 e. The first-order chi connectivity index (χ1) is 14.6. The third-order valence-electron chi connectivity index (χ3n) is 4.43. The lowest BCUT2D eigenvalue weighted by Crippen LogP contribution is -2.50. The highest BCUT2D eigenvalue weighted by Gasteiger charge is 2.33. The summed E-state index contributed by atoms with van der Waals surface area (Å²) in [6.45, 7) is 0.822. The summed E-state index contributed by atoms with van der Waals surface area (Å²) in [6.07, 6.45) is -2.10. The van der Waals surface area contributed by atoms with Crippen molar-refractivity contribution in [3.63, 3.8) is 0 Å². The molecule has 1 aromatic heterocycles. The van der Waals surface area contributed by atoms with Crippen molar-refractivity contribution >= 4 is 28.4 Å². The van der Waals surface area contributed by atoms with Crippen LogP contribution in [0.3, 0.4) is 0 Å². The second-order valence-electron chi connectivity index (χ2n) is 6.45. The second kappa shape index (κ2) is 9.20. The molecule has 1 aromatic carbocycles. The number of rotatable bonds is 5. The van der Waals surface area contributed by atoms with Crippen LogP contribution in [0.4, 0.5) is 18.9 Å². The molecule has 2 aromatic rings. The van der Waals surface area contributed by atoms with Crippen LogP contribution in [0.2, 0.25) is 0 Å². The van der Waals surface area contributed by atoms with E-state index in [4.69, 9.17) is 0 Å². The number of pyridine rings is 1. The second-order valence-corrected chi connectivity index (χ2v) is 7.19.